The topological polar surface area (TPSA) is 52.6 Å². The molecule has 0 saturated heterocycles. The Morgan fingerprint density at radius 3 is 2.63 bits per heavy atom. The van der Waals surface area contributed by atoms with Crippen molar-refractivity contribution in [2.45, 2.75) is 20.0 Å². The van der Waals surface area contributed by atoms with E-state index in [2.05, 4.69) is 5.32 Å². The Kier molecular flexibility index (Phi) is 5.30. The lowest BCUT2D eigenvalue weighted by atomic mass is 10.1. The van der Waals surface area contributed by atoms with Gasteiger partial charge in [0.25, 0.3) is 0 Å². The van der Waals surface area contributed by atoms with Crippen molar-refractivity contribution in [3.63, 3.8) is 0 Å². The zero-order chi connectivity index (χ0) is 14.6. The lowest BCUT2D eigenvalue weighted by molar-refractivity contribution is -0.123. The monoisotopic (exact) mass is 268 g/mol. The highest BCUT2D eigenvalue weighted by atomic mass is 19.1. The first kappa shape index (κ1) is 15.4. The number of benzene rings is 1. The van der Waals surface area contributed by atoms with Gasteiger partial charge in [-0.05, 0) is 13.0 Å². The van der Waals surface area contributed by atoms with Crippen LogP contribution in [0, 0.1) is 11.7 Å². The van der Waals surface area contributed by atoms with Crippen LogP contribution >= 0.6 is 0 Å². The van der Waals surface area contributed by atoms with Gasteiger partial charge < -0.3 is 15.3 Å². The van der Waals surface area contributed by atoms with Crippen LogP contribution in [-0.2, 0) is 4.79 Å². The predicted octanol–water partition coefficient (Wildman–Crippen LogP) is 1.70. The second kappa shape index (κ2) is 6.52. The molecule has 0 saturated carbocycles. The molecule has 0 heterocycles. The summed E-state index contributed by atoms with van der Waals surface area (Å²) in [5.41, 5.74) is 0.861. The highest BCUT2D eigenvalue weighted by molar-refractivity contribution is 5.78. The molecule has 2 atom stereocenters. The molecule has 0 radical (unpaired) electrons. The Labute approximate surface area is 113 Å². The highest BCUT2D eigenvalue weighted by Crippen LogP contribution is 2.29. The number of rotatable bonds is 5. The van der Waals surface area contributed by atoms with E-state index in [0.29, 0.717) is 17.8 Å². The van der Waals surface area contributed by atoms with Crippen LogP contribution in [0.4, 0.5) is 10.1 Å². The lowest BCUT2D eigenvalue weighted by Crippen LogP contribution is -2.35. The third kappa shape index (κ3) is 3.67. The number of hydrogen-bond donors (Lipinski definition) is 2. The van der Waals surface area contributed by atoms with Crippen LogP contribution in [0.1, 0.15) is 25.5 Å². The van der Waals surface area contributed by atoms with E-state index in [0.717, 1.165) is 0 Å². The van der Waals surface area contributed by atoms with Crippen LogP contribution in [0.5, 0.6) is 0 Å². The van der Waals surface area contributed by atoms with Crippen molar-refractivity contribution in [1.82, 2.24) is 5.32 Å². The predicted molar refractivity (Wildman–Crippen MR) is 73.5 cm³/mol. The summed E-state index contributed by atoms with van der Waals surface area (Å²) in [6.07, 6.45) is -0.761. The fourth-order valence-electron chi connectivity index (χ4n) is 2.10. The molecule has 1 unspecified atom stereocenters. The minimum atomic E-state index is -0.761. The summed E-state index contributed by atoms with van der Waals surface area (Å²) in [6.45, 7) is 3.74. The molecule has 106 valence electrons. The fourth-order valence-corrected chi connectivity index (χ4v) is 2.10. The maximum absolute atomic E-state index is 13.9. The van der Waals surface area contributed by atoms with Crippen LogP contribution in [0.3, 0.4) is 0 Å². The number of nitrogens with one attached hydrogen (secondary N) is 1. The quantitative estimate of drug-likeness (QED) is 0.854. The summed E-state index contributed by atoms with van der Waals surface area (Å²) in [4.78, 5) is 13.2. The number of aliphatic hydroxyl groups is 1. The van der Waals surface area contributed by atoms with E-state index in [4.69, 9.17) is 0 Å². The van der Waals surface area contributed by atoms with E-state index in [-0.39, 0.29) is 11.8 Å². The van der Waals surface area contributed by atoms with E-state index in [1.165, 1.54) is 6.07 Å². The molecule has 1 aromatic carbocycles. The van der Waals surface area contributed by atoms with Gasteiger partial charge in [-0.15, -0.1) is 0 Å². The van der Waals surface area contributed by atoms with Crippen molar-refractivity contribution in [3.8, 4) is 0 Å². The minimum Gasteiger partial charge on any atom is -0.389 e. The van der Waals surface area contributed by atoms with Crippen LogP contribution < -0.4 is 10.2 Å². The van der Waals surface area contributed by atoms with E-state index < -0.39 is 11.9 Å². The number of anilines is 1. The molecule has 2 N–H and O–H groups in total. The molecule has 0 bridgehead atoms. The Morgan fingerprint density at radius 1 is 1.47 bits per heavy atom. The standard InChI is InChI=1S/C14H21FN2O2/c1-9(14(19)16-3)8-17(4)13-11(10(2)18)6-5-7-12(13)15/h5-7,9-10,18H,8H2,1-4H3,(H,16,19)/t9?,10-/m0/s1. The number of amides is 1. The highest BCUT2D eigenvalue weighted by Gasteiger charge is 2.20. The molecule has 0 aliphatic carbocycles. The number of halogens is 1. The van der Waals surface area contributed by atoms with Crippen molar-refractivity contribution >= 4 is 11.6 Å². The molecule has 1 amide bonds. The summed E-state index contributed by atoms with van der Waals surface area (Å²) in [6, 6.07) is 4.60. The lowest BCUT2D eigenvalue weighted by Gasteiger charge is -2.26. The first-order chi connectivity index (χ1) is 8.88. The molecule has 4 nitrogen and oxygen atoms in total. The van der Waals surface area contributed by atoms with E-state index in [1.807, 2.05) is 0 Å². The molecule has 1 aromatic rings. The van der Waals surface area contributed by atoms with Gasteiger partial charge in [-0.1, -0.05) is 19.1 Å². The zero-order valence-corrected chi connectivity index (χ0v) is 11.8. The van der Waals surface area contributed by atoms with Gasteiger partial charge in [-0.3, -0.25) is 4.79 Å². The van der Waals surface area contributed by atoms with Crippen molar-refractivity contribution in [3.05, 3.63) is 29.6 Å². The van der Waals surface area contributed by atoms with Crippen molar-refractivity contribution < 1.29 is 14.3 Å². The smallest absolute Gasteiger partial charge is 0.224 e. The van der Waals surface area contributed by atoms with Crippen LogP contribution in [0.2, 0.25) is 0 Å². The number of carbonyl (C=O) groups is 1. The van der Waals surface area contributed by atoms with Gasteiger partial charge in [-0.2, -0.15) is 0 Å². The molecule has 0 aromatic heterocycles. The fraction of sp³-hybridized carbons (Fsp3) is 0.500. The normalized spacial score (nSPS) is 13.8. The number of nitrogens with zero attached hydrogens (tertiary/aromatic N) is 1. The molecule has 0 spiro atoms. The zero-order valence-electron chi connectivity index (χ0n) is 11.8. The van der Waals surface area contributed by atoms with Crippen LogP contribution in [0.15, 0.2) is 18.2 Å². The minimum absolute atomic E-state index is 0.0956. The first-order valence-corrected chi connectivity index (χ1v) is 6.27. The molecule has 0 aliphatic rings. The summed E-state index contributed by atoms with van der Waals surface area (Å²) in [5.74, 6) is -0.761. The van der Waals surface area contributed by atoms with Crippen molar-refractivity contribution in [2.75, 3.05) is 25.5 Å². The SMILES string of the molecule is CNC(=O)C(C)CN(C)c1c(F)cccc1[C@H](C)O. The Hall–Kier alpha value is -1.62. The van der Waals surface area contributed by atoms with Crippen molar-refractivity contribution in [1.29, 1.82) is 0 Å². The van der Waals surface area contributed by atoms with Gasteiger partial charge in [-0.25, -0.2) is 4.39 Å². The summed E-state index contributed by atoms with van der Waals surface area (Å²) in [5, 5.41) is 12.3. The Balaban J connectivity index is 2.99. The largest absolute Gasteiger partial charge is 0.389 e. The Bertz CT molecular complexity index is 449. The first-order valence-electron chi connectivity index (χ1n) is 6.27. The molecular weight excluding hydrogens is 247 g/mol. The average Bonchev–Trinajstić information content (AvgIpc) is 2.36. The number of para-hydroxylation sites is 1. The number of aliphatic hydroxyl groups excluding tert-OH is 1. The van der Waals surface area contributed by atoms with Crippen LogP contribution in [0.25, 0.3) is 0 Å². The molecule has 5 heteroatoms. The number of carbonyl (C=O) groups excluding carboxylic acids is 1. The van der Waals surface area contributed by atoms with Crippen LogP contribution in [-0.4, -0.2) is 31.7 Å². The van der Waals surface area contributed by atoms with E-state index in [1.54, 1.807) is 45.0 Å². The summed E-state index contributed by atoms with van der Waals surface area (Å²) < 4.78 is 13.9. The molecule has 0 aliphatic heterocycles. The second-order valence-electron chi connectivity index (χ2n) is 4.75. The summed E-state index contributed by atoms with van der Waals surface area (Å²) in [7, 11) is 3.28. The van der Waals surface area contributed by atoms with Gasteiger partial charge in [0.2, 0.25) is 5.91 Å². The molecule has 1 rings (SSSR count). The van der Waals surface area contributed by atoms with E-state index >= 15 is 0 Å². The Morgan fingerprint density at radius 2 is 2.11 bits per heavy atom. The van der Waals surface area contributed by atoms with Gasteiger partial charge in [0.1, 0.15) is 5.82 Å². The molecule has 19 heavy (non-hydrogen) atoms. The van der Waals surface area contributed by atoms with Crippen molar-refractivity contribution in [2.24, 2.45) is 5.92 Å². The third-order valence-corrected chi connectivity index (χ3v) is 3.09. The van der Waals surface area contributed by atoms with Gasteiger partial charge in [0.15, 0.2) is 0 Å². The second-order valence-corrected chi connectivity index (χ2v) is 4.75. The maximum atomic E-state index is 13.9. The average molecular weight is 268 g/mol. The third-order valence-electron chi connectivity index (χ3n) is 3.09. The number of hydrogen-bond acceptors (Lipinski definition) is 3. The summed E-state index contributed by atoms with van der Waals surface area (Å²) >= 11 is 0. The maximum Gasteiger partial charge on any atom is 0.224 e. The molecule has 0 fully saturated rings. The van der Waals surface area contributed by atoms with Gasteiger partial charge in [0, 0.05) is 26.2 Å². The van der Waals surface area contributed by atoms with E-state index in [9.17, 15) is 14.3 Å². The van der Waals surface area contributed by atoms with Gasteiger partial charge in [0.05, 0.1) is 17.7 Å². The van der Waals surface area contributed by atoms with Gasteiger partial charge >= 0.3 is 0 Å². The molecular formula is C14H21FN2O2.